The lowest BCUT2D eigenvalue weighted by atomic mass is 9.77. The van der Waals surface area contributed by atoms with Crippen molar-refractivity contribution in [2.75, 3.05) is 18.9 Å². The molecular formula is C23H18F5N5O2. The van der Waals surface area contributed by atoms with Gasteiger partial charge in [-0.25, -0.2) is 8.78 Å². The van der Waals surface area contributed by atoms with Gasteiger partial charge in [0.1, 0.15) is 18.2 Å². The number of benzene rings is 2. The van der Waals surface area contributed by atoms with Gasteiger partial charge in [-0.05, 0) is 35.9 Å². The predicted molar refractivity (Wildman–Crippen MR) is 116 cm³/mol. The first-order valence-corrected chi connectivity index (χ1v) is 10.1. The second-order valence-electron chi connectivity index (χ2n) is 7.73. The molecule has 182 valence electrons. The molecule has 0 bridgehead atoms. The van der Waals surface area contributed by atoms with E-state index in [0.29, 0.717) is 4.90 Å². The van der Waals surface area contributed by atoms with Crippen molar-refractivity contribution < 1.29 is 31.5 Å². The van der Waals surface area contributed by atoms with Gasteiger partial charge in [0, 0.05) is 30.7 Å². The highest BCUT2D eigenvalue weighted by molar-refractivity contribution is 6.05. The van der Waals surface area contributed by atoms with Crippen molar-refractivity contribution in [2.45, 2.75) is 18.1 Å². The topological polar surface area (TPSA) is 109 Å². The number of carbonyl (C=O) groups excluding carboxylic acids is 2. The van der Waals surface area contributed by atoms with Crippen molar-refractivity contribution in [3.8, 4) is 6.07 Å². The Morgan fingerprint density at radius 3 is 2.57 bits per heavy atom. The Morgan fingerprint density at radius 2 is 1.97 bits per heavy atom. The van der Waals surface area contributed by atoms with E-state index >= 15 is 0 Å². The van der Waals surface area contributed by atoms with Crippen LogP contribution in [-0.2, 0) is 4.79 Å². The maximum Gasteiger partial charge on any atom is 0.406 e. The zero-order chi connectivity index (χ0) is 25.9. The Morgan fingerprint density at radius 1 is 1.26 bits per heavy atom. The minimum atomic E-state index is -4.88. The van der Waals surface area contributed by atoms with Gasteiger partial charge in [-0.2, -0.15) is 18.4 Å². The summed E-state index contributed by atoms with van der Waals surface area (Å²) in [6.07, 6.45) is -3.00. The zero-order valence-corrected chi connectivity index (χ0v) is 18.1. The summed E-state index contributed by atoms with van der Waals surface area (Å²) in [5.74, 6) is -6.60. The average molecular weight is 491 g/mol. The summed E-state index contributed by atoms with van der Waals surface area (Å²) in [5.41, 5.74) is -0.776. The van der Waals surface area contributed by atoms with E-state index in [1.54, 1.807) is 6.07 Å². The predicted octanol–water partition coefficient (Wildman–Crippen LogP) is 3.91. The van der Waals surface area contributed by atoms with Gasteiger partial charge in [-0.15, -0.1) is 0 Å². The highest BCUT2D eigenvalue weighted by Gasteiger charge is 2.49. The van der Waals surface area contributed by atoms with Crippen molar-refractivity contribution in [3.63, 3.8) is 0 Å². The first-order valence-electron chi connectivity index (χ1n) is 10.1. The SMILES string of the molecule is CN=CC(C=N)[C@H]1[C@H](C(=O)Nc2cc(F)cc(C#N)c2)c2ccc(F)cc2C(=O)N1CC(F)(F)F. The Balaban J connectivity index is 2.20. The first-order chi connectivity index (χ1) is 16.5. The number of amides is 2. The molecule has 0 saturated heterocycles. The third-order valence-electron chi connectivity index (χ3n) is 5.38. The summed E-state index contributed by atoms with van der Waals surface area (Å²) >= 11 is 0. The van der Waals surface area contributed by atoms with Crippen molar-refractivity contribution >= 4 is 29.9 Å². The fourth-order valence-electron chi connectivity index (χ4n) is 4.08. The molecule has 2 aromatic carbocycles. The maximum atomic E-state index is 14.0. The molecule has 7 nitrogen and oxygen atoms in total. The number of anilines is 1. The Kier molecular flexibility index (Phi) is 7.28. The second-order valence-corrected chi connectivity index (χ2v) is 7.73. The lowest BCUT2D eigenvalue weighted by Gasteiger charge is -2.43. The molecule has 1 aliphatic rings. The Hall–Kier alpha value is -4.14. The number of fused-ring (bicyclic) bond motifs is 1. The van der Waals surface area contributed by atoms with Crippen LogP contribution in [0.15, 0.2) is 41.4 Å². The van der Waals surface area contributed by atoms with Crippen LogP contribution in [0.5, 0.6) is 0 Å². The molecule has 2 aromatic rings. The van der Waals surface area contributed by atoms with Crippen LogP contribution in [-0.4, -0.2) is 55.0 Å². The lowest BCUT2D eigenvalue weighted by molar-refractivity contribution is -0.148. The highest BCUT2D eigenvalue weighted by atomic mass is 19.4. The van der Waals surface area contributed by atoms with E-state index in [1.165, 1.54) is 7.05 Å². The van der Waals surface area contributed by atoms with Gasteiger partial charge in [0.2, 0.25) is 5.91 Å². The second kappa shape index (κ2) is 10.0. The van der Waals surface area contributed by atoms with E-state index in [2.05, 4.69) is 10.3 Å². The van der Waals surface area contributed by atoms with Crippen molar-refractivity contribution in [2.24, 2.45) is 10.9 Å². The van der Waals surface area contributed by atoms with Crippen LogP contribution in [0.2, 0.25) is 0 Å². The van der Waals surface area contributed by atoms with Crippen LogP contribution < -0.4 is 5.32 Å². The number of nitrogens with one attached hydrogen (secondary N) is 2. The third kappa shape index (κ3) is 5.51. The van der Waals surface area contributed by atoms with Crippen LogP contribution >= 0.6 is 0 Å². The fourth-order valence-corrected chi connectivity index (χ4v) is 4.08. The summed E-state index contributed by atoms with van der Waals surface area (Å²) in [6, 6.07) is 5.94. The minimum Gasteiger partial charge on any atom is -0.325 e. The largest absolute Gasteiger partial charge is 0.406 e. The van der Waals surface area contributed by atoms with Gasteiger partial charge in [0.25, 0.3) is 5.91 Å². The number of nitrogens with zero attached hydrogens (tertiary/aromatic N) is 3. The molecule has 12 heteroatoms. The number of nitriles is 1. The smallest absolute Gasteiger partial charge is 0.325 e. The van der Waals surface area contributed by atoms with Crippen LogP contribution in [0.1, 0.15) is 27.4 Å². The molecule has 0 spiro atoms. The summed E-state index contributed by atoms with van der Waals surface area (Å²) in [7, 11) is 1.31. The molecule has 0 aromatic heterocycles. The van der Waals surface area contributed by atoms with Gasteiger partial charge >= 0.3 is 6.18 Å². The van der Waals surface area contributed by atoms with Gasteiger partial charge in [0.05, 0.1) is 29.5 Å². The number of hydrogen-bond acceptors (Lipinski definition) is 5. The molecular weight excluding hydrogens is 473 g/mol. The lowest BCUT2D eigenvalue weighted by Crippen LogP contribution is -2.57. The number of alkyl halides is 3. The fraction of sp³-hybridized carbons (Fsp3) is 0.261. The molecule has 0 radical (unpaired) electrons. The van der Waals surface area contributed by atoms with E-state index in [1.807, 2.05) is 0 Å². The molecule has 1 unspecified atom stereocenters. The van der Waals surface area contributed by atoms with E-state index < -0.39 is 59.6 Å². The van der Waals surface area contributed by atoms with Gasteiger partial charge in [0.15, 0.2) is 0 Å². The number of aliphatic imine (C=N–C) groups is 1. The average Bonchev–Trinajstić information content (AvgIpc) is 2.78. The van der Waals surface area contributed by atoms with Crippen LogP contribution in [0.3, 0.4) is 0 Å². The van der Waals surface area contributed by atoms with Crippen LogP contribution in [0, 0.1) is 34.3 Å². The highest BCUT2D eigenvalue weighted by Crippen LogP contribution is 2.39. The summed E-state index contributed by atoms with van der Waals surface area (Å²) in [4.78, 5) is 30.6. The van der Waals surface area contributed by atoms with Gasteiger partial charge in [-0.3, -0.25) is 9.59 Å². The molecule has 3 rings (SSSR count). The first kappa shape index (κ1) is 25.5. The molecule has 0 aliphatic carbocycles. The van der Waals surface area contributed by atoms with Crippen molar-refractivity contribution in [3.05, 3.63) is 64.7 Å². The normalized spacial score (nSPS) is 18.7. The quantitative estimate of drug-likeness (QED) is 0.472. The number of carbonyl (C=O) groups is 2. The molecule has 2 amide bonds. The minimum absolute atomic E-state index is 0.0643. The molecule has 35 heavy (non-hydrogen) atoms. The van der Waals surface area contributed by atoms with E-state index in [-0.39, 0.29) is 16.8 Å². The van der Waals surface area contributed by atoms with Gasteiger partial charge in [-0.1, -0.05) is 6.07 Å². The summed E-state index contributed by atoms with van der Waals surface area (Å²) in [6.45, 7) is -1.77. The summed E-state index contributed by atoms with van der Waals surface area (Å²) in [5, 5.41) is 19.1. The van der Waals surface area contributed by atoms with Crippen molar-refractivity contribution in [1.82, 2.24) is 4.90 Å². The molecule has 0 fully saturated rings. The molecule has 1 heterocycles. The zero-order valence-electron chi connectivity index (χ0n) is 18.1. The monoisotopic (exact) mass is 491 g/mol. The molecule has 0 saturated carbocycles. The van der Waals surface area contributed by atoms with E-state index in [9.17, 15) is 31.5 Å². The standard InChI is InChI=1S/C23H18F5N5O2/c1-31-10-13(9-30)20-19(21(34)32-16-5-12(8-29)4-15(25)6-16)17-3-2-14(24)7-18(17)22(35)33(20)11-23(26,27)28/h2-7,9-10,13,19-20,30H,11H2,1H3,(H,32,34)/t13?,19-,20+/m1/s1. The van der Waals surface area contributed by atoms with Crippen LogP contribution in [0.25, 0.3) is 0 Å². The number of halogens is 5. The molecule has 1 aliphatic heterocycles. The Labute approximate surface area is 196 Å². The van der Waals surface area contributed by atoms with Gasteiger partial charge < -0.3 is 20.6 Å². The molecule has 2 N–H and O–H groups in total. The number of rotatable bonds is 6. The molecule has 3 atom stereocenters. The van der Waals surface area contributed by atoms with E-state index in [4.69, 9.17) is 10.7 Å². The van der Waals surface area contributed by atoms with E-state index in [0.717, 1.165) is 48.8 Å². The third-order valence-corrected chi connectivity index (χ3v) is 5.38. The van der Waals surface area contributed by atoms with Crippen molar-refractivity contribution in [1.29, 1.82) is 10.7 Å². The summed E-state index contributed by atoms with van der Waals surface area (Å²) < 4.78 is 68.2. The van der Waals surface area contributed by atoms with Crippen LogP contribution in [0.4, 0.5) is 27.6 Å². The maximum absolute atomic E-state index is 14.0. The Bertz CT molecular complexity index is 1240. The number of hydrogen-bond donors (Lipinski definition) is 2.